The van der Waals surface area contributed by atoms with Crippen molar-refractivity contribution in [3.63, 3.8) is 0 Å². The Labute approximate surface area is 134 Å². The molecule has 3 heteroatoms. The van der Waals surface area contributed by atoms with E-state index in [4.69, 9.17) is 16.3 Å². The fraction of sp³-hybridized carbons (Fsp3) is 0.667. The average molecular weight is 310 g/mol. The second-order valence-corrected chi connectivity index (χ2v) is 6.51. The maximum Gasteiger partial charge on any atom is 0.142 e. The number of benzene rings is 1. The van der Waals surface area contributed by atoms with E-state index < -0.39 is 0 Å². The maximum atomic E-state index is 6.14. The first-order valence-electron chi connectivity index (χ1n) is 8.41. The molecule has 2 nitrogen and oxygen atoms in total. The minimum absolute atomic E-state index is 0.546. The highest BCUT2D eigenvalue weighted by molar-refractivity contribution is 6.30. The molecule has 0 saturated heterocycles. The highest BCUT2D eigenvalue weighted by atomic mass is 35.5. The largest absolute Gasteiger partial charge is 0.492 e. The zero-order chi connectivity index (χ0) is 15.1. The molecule has 1 N–H and O–H groups in total. The van der Waals surface area contributed by atoms with Crippen LogP contribution in [0.1, 0.15) is 58.8 Å². The predicted molar refractivity (Wildman–Crippen MR) is 91.5 cm³/mol. The van der Waals surface area contributed by atoms with Crippen LogP contribution < -0.4 is 10.1 Å². The highest BCUT2D eigenvalue weighted by Crippen LogP contribution is 2.32. The molecule has 0 heterocycles. The Morgan fingerprint density at radius 1 is 1.19 bits per heavy atom. The van der Waals surface area contributed by atoms with Gasteiger partial charge in [0.2, 0.25) is 0 Å². The number of halogens is 1. The monoisotopic (exact) mass is 309 g/mol. The van der Waals surface area contributed by atoms with Crippen molar-refractivity contribution < 1.29 is 4.74 Å². The quantitative estimate of drug-likeness (QED) is 0.660. The van der Waals surface area contributed by atoms with Gasteiger partial charge in [-0.05, 0) is 50.3 Å². The van der Waals surface area contributed by atoms with Crippen molar-refractivity contribution in [1.29, 1.82) is 0 Å². The van der Waals surface area contributed by atoms with Crippen LogP contribution in [-0.2, 0) is 0 Å². The van der Waals surface area contributed by atoms with Gasteiger partial charge in [0.05, 0.1) is 12.3 Å². The van der Waals surface area contributed by atoms with E-state index >= 15 is 0 Å². The van der Waals surface area contributed by atoms with Gasteiger partial charge >= 0.3 is 0 Å². The van der Waals surface area contributed by atoms with Gasteiger partial charge in [-0.25, -0.2) is 0 Å². The third-order valence-electron chi connectivity index (χ3n) is 4.39. The van der Waals surface area contributed by atoms with Gasteiger partial charge in [0.1, 0.15) is 5.75 Å². The number of nitrogens with one attached hydrogen (secondary N) is 1. The Kier molecular flexibility index (Phi) is 6.69. The summed E-state index contributed by atoms with van der Waals surface area (Å²) in [4.78, 5) is 0. The summed E-state index contributed by atoms with van der Waals surface area (Å²) in [5.74, 6) is 1.84. The van der Waals surface area contributed by atoms with Gasteiger partial charge in [0.15, 0.2) is 0 Å². The Balaban J connectivity index is 1.99. The van der Waals surface area contributed by atoms with Crippen molar-refractivity contribution in [2.24, 2.45) is 5.92 Å². The molecular formula is C18H28ClNO. The molecule has 1 aliphatic rings. The number of anilines is 1. The van der Waals surface area contributed by atoms with Crippen molar-refractivity contribution >= 4 is 17.3 Å². The summed E-state index contributed by atoms with van der Waals surface area (Å²) in [6.45, 7) is 4.99. The first kappa shape index (κ1) is 16.5. The van der Waals surface area contributed by atoms with E-state index in [1.54, 1.807) is 0 Å². The number of ether oxygens (including phenoxy) is 1. The van der Waals surface area contributed by atoms with Crippen molar-refractivity contribution in [3.8, 4) is 5.75 Å². The SMILES string of the molecule is CCCC1CCCC(Nc2cc(Cl)ccc2OCC)CC1. The van der Waals surface area contributed by atoms with Crippen LogP contribution >= 0.6 is 11.6 Å². The molecule has 2 rings (SSSR count). The molecule has 0 radical (unpaired) electrons. The molecule has 0 aromatic heterocycles. The lowest BCUT2D eigenvalue weighted by atomic mass is 9.95. The van der Waals surface area contributed by atoms with Crippen LogP contribution in [0.25, 0.3) is 0 Å². The van der Waals surface area contributed by atoms with Gasteiger partial charge < -0.3 is 10.1 Å². The van der Waals surface area contributed by atoms with Crippen LogP contribution in [0, 0.1) is 5.92 Å². The molecule has 118 valence electrons. The molecule has 0 bridgehead atoms. The Morgan fingerprint density at radius 2 is 2.05 bits per heavy atom. The molecule has 0 spiro atoms. The summed E-state index contributed by atoms with van der Waals surface area (Å²) in [6.07, 6.45) is 9.25. The second kappa shape index (κ2) is 8.53. The van der Waals surface area contributed by atoms with Crippen molar-refractivity contribution in [1.82, 2.24) is 0 Å². The van der Waals surface area contributed by atoms with Gasteiger partial charge in [-0.15, -0.1) is 0 Å². The standard InChI is InChI=1S/C18H28ClNO/c1-3-6-14-7-5-8-16(11-9-14)20-17-13-15(19)10-12-18(17)21-4-2/h10,12-14,16,20H,3-9,11H2,1-2H3. The van der Waals surface area contributed by atoms with Crippen molar-refractivity contribution in [3.05, 3.63) is 23.2 Å². The zero-order valence-corrected chi connectivity index (χ0v) is 14.1. The first-order chi connectivity index (χ1) is 10.2. The average Bonchev–Trinajstić information content (AvgIpc) is 2.68. The predicted octanol–water partition coefficient (Wildman–Crippen LogP) is 5.90. The Hall–Kier alpha value is -0.890. The molecule has 1 aliphatic carbocycles. The summed E-state index contributed by atoms with van der Waals surface area (Å²) in [5.41, 5.74) is 1.04. The second-order valence-electron chi connectivity index (χ2n) is 6.08. The summed E-state index contributed by atoms with van der Waals surface area (Å²) in [6, 6.07) is 6.39. The van der Waals surface area contributed by atoms with Crippen LogP contribution in [0.5, 0.6) is 5.75 Å². The van der Waals surface area contributed by atoms with E-state index in [0.29, 0.717) is 12.6 Å². The molecule has 2 atom stereocenters. The van der Waals surface area contributed by atoms with E-state index in [1.165, 1.54) is 44.9 Å². The van der Waals surface area contributed by atoms with Gasteiger partial charge in [-0.3, -0.25) is 0 Å². The minimum atomic E-state index is 0.546. The number of hydrogen-bond donors (Lipinski definition) is 1. The molecule has 0 aliphatic heterocycles. The van der Waals surface area contributed by atoms with E-state index in [0.717, 1.165) is 22.4 Å². The summed E-state index contributed by atoms with van der Waals surface area (Å²) in [7, 11) is 0. The van der Waals surface area contributed by atoms with Crippen LogP contribution in [0.3, 0.4) is 0 Å². The fourth-order valence-corrected chi connectivity index (χ4v) is 3.51. The van der Waals surface area contributed by atoms with Crippen LogP contribution in [0.15, 0.2) is 18.2 Å². The Bertz CT molecular complexity index is 435. The van der Waals surface area contributed by atoms with Crippen LogP contribution in [0.4, 0.5) is 5.69 Å². The molecule has 1 aromatic carbocycles. The van der Waals surface area contributed by atoms with Gasteiger partial charge in [0, 0.05) is 11.1 Å². The van der Waals surface area contributed by atoms with E-state index in [2.05, 4.69) is 12.2 Å². The van der Waals surface area contributed by atoms with E-state index in [1.807, 2.05) is 25.1 Å². The van der Waals surface area contributed by atoms with Gasteiger partial charge in [-0.1, -0.05) is 44.2 Å². The lowest BCUT2D eigenvalue weighted by Gasteiger charge is -2.20. The minimum Gasteiger partial charge on any atom is -0.492 e. The van der Waals surface area contributed by atoms with Crippen molar-refractivity contribution in [2.45, 2.75) is 64.8 Å². The molecule has 1 fully saturated rings. The number of hydrogen-bond acceptors (Lipinski definition) is 2. The van der Waals surface area contributed by atoms with Gasteiger partial charge in [-0.2, -0.15) is 0 Å². The zero-order valence-electron chi connectivity index (χ0n) is 13.3. The third kappa shape index (κ3) is 5.10. The summed E-state index contributed by atoms with van der Waals surface area (Å²) < 4.78 is 5.70. The van der Waals surface area contributed by atoms with E-state index in [9.17, 15) is 0 Å². The Morgan fingerprint density at radius 3 is 2.81 bits per heavy atom. The molecule has 0 amide bonds. The normalized spacial score (nSPS) is 22.6. The van der Waals surface area contributed by atoms with Gasteiger partial charge in [0.25, 0.3) is 0 Å². The first-order valence-corrected chi connectivity index (χ1v) is 8.79. The maximum absolute atomic E-state index is 6.14. The van der Waals surface area contributed by atoms with E-state index in [-0.39, 0.29) is 0 Å². The lowest BCUT2D eigenvalue weighted by Crippen LogP contribution is -2.19. The topological polar surface area (TPSA) is 21.3 Å². The highest BCUT2D eigenvalue weighted by Gasteiger charge is 2.19. The number of rotatable bonds is 6. The van der Waals surface area contributed by atoms with Crippen molar-refractivity contribution in [2.75, 3.05) is 11.9 Å². The fourth-order valence-electron chi connectivity index (χ4n) is 3.34. The molecule has 1 aromatic rings. The third-order valence-corrected chi connectivity index (χ3v) is 4.62. The molecule has 2 unspecified atom stereocenters. The smallest absolute Gasteiger partial charge is 0.142 e. The van der Waals surface area contributed by atoms with Crippen LogP contribution in [0.2, 0.25) is 5.02 Å². The summed E-state index contributed by atoms with van der Waals surface area (Å²) >= 11 is 6.14. The summed E-state index contributed by atoms with van der Waals surface area (Å²) in [5, 5.41) is 4.43. The molecule has 1 saturated carbocycles. The lowest BCUT2D eigenvalue weighted by molar-refractivity contribution is 0.341. The molecular weight excluding hydrogens is 282 g/mol. The molecule has 21 heavy (non-hydrogen) atoms. The van der Waals surface area contributed by atoms with Crippen LogP contribution in [-0.4, -0.2) is 12.6 Å².